The van der Waals surface area contributed by atoms with E-state index in [1.807, 2.05) is 43.3 Å². The molecule has 4 nitrogen and oxygen atoms in total. The molecule has 0 spiro atoms. The standard InChI is InChI=1S/C16H19NO3/c1-12-2-7-16(19)13(10-12)11-17-14-3-5-15(6-4-14)20-9-8-18/h2-7,10,17-19H,8-9,11H2,1H3. The topological polar surface area (TPSA) is 61.7 Å². The monoisotopic (exact) mass is 273 g/mol. The van der Waals surface area contributed by atoms with E-state index < -0.39 is 0 Å². The van der Waals surface area contributed by atoms with Gasteiger partial charge in [0.05, 0.1) is 6.61 Å². The Kier molecular flexibility index (Phi) is 4.85. The number of aryl methyl sites for hydroxylation is 1. The molecule has 2 aromatic rings. The fraction of sp³-hybridized carbons (Fsp3) is 0.250. The molecule has 2 rings (SSSR count). The third kappa shape index (κ3) is 3.90. The number of hydrogen-bond acceptors (Lipinski definition) is 4. The lowest BCUT2D eigenvalue weighted by molar-refractivity contribution is 0.201. The normalized spacial score (nSPS) is 10.3. The van der Waals surface area contributed by atoms with Gasteiger partial charge in [0.2, 0.25) is 0 Å². The summed E-state index contributed by atoms with van der Waals surface area (Å²) >= 11 is 0. The highest BCUT2D eigenvalue weighted by Crippen LogP contribution is 2.21. The van der Waals surface area contributed by atoms with E-state index in [0.29, 0.717) is 18.9 Å². The number of anilines is 1. The summed E-state index contributed by atoms with van der Waals surface area (Å²) in [5, 5.41) is 21.7. The summed E-state index contributed by atoms with van der Waals surface area (Å²) < 4.78 is 5.29. The summed E-state index contributed by atoms with van der Waals surface area (Å²) in [5.74, 6) is 1.02. The molecule has 4 heteroatoms. The Morgan fingerprint density at radius 2 is 1.85 bits per heavy atom. The van der Waals surface area contributed by atoms with E-state index in [0.717, 1.165) is 22.6 Å². The molecule has 0 aromatic heterocycles. The van der Waals surface area contributed by atoms with Crippen molar-refractivity contribution in [2.24, 2.45) is 0 Å². The first-order chi connectivity index (χ1) is 9.69. The smallest absolute Gasteiger partial charge is 0.120 e. The van der Waals surface area contributed by atoms with Crippen LogP contribution in [0.1, 0.15) is 11.1 Å². The fourth-order valence-electron chi connectivity index (χ4n) is 1.89. The molecule has 0 amide bonds. The van der Waals surface area contributed by atoms with E-state index in [2.05, 4.69) is 5.32 Å². The van der Waals surface area contributed by atoms with Crippen molar-refractivity contribution in [2.75, 3.05) is 18.5 Å². The van der Waals surface area contributed by atoms with Crippen molar-refractivity contribution >= 4 is 5.69 Å². The third-order valence-electron chi connectivity index (χ3n) is 2.93. The van der Waals surface area contributed by atoms with Gasteiger partial charge in [0.1, 0.15) is 18.1 Å². The summed E-state index contributed by atoms with van der Waals surface area (Å²) in [4.78, 5) is 0. The van der Waals surface area contributed by atoms with E-state index in [1.54, 1.807) is 6.07 Å². The number of hydrogen-bond donors (Lipinski definition) is 3. The Balaban J connectivity index is 1.95. The van der Waals surface area contributed by atoms with Gasteiger partial charge in [-0.1, -0.05) is 17.7 Å². The highest BCUT2D eigenvalue weighted by atomic mass is 16.5. The number of benzene rings is 2. The van der Waals surface area contributed by atoms with Crippen LogP contribution in [-0.2, 0) is 6.54 Å². The van der Waals surface area contributed by atoms with Crippen LogP contribution in [0, 0.1) is 6.92 Å². The average Bonchev–Trinajstić information content (AvgIpc) is 2.47. The molecule has 0 atom stereocenters. The quantitative estimate of drug-likeness (QED) is 0.757. The minimum absolute atomic E-state index is 0.00658. The first kappa shape index (κ1) is 14.2. The van der Waals surface area contributed by atoms with Crippen molar-refractivity contribution in [1.29, 1.82) is 0 Å². The van der Waals surface area contributed by atoms with Gasteiger partial charge in [0, 0.05) is 17.8 Å². The highest BCUT2D eigenvalue weighted by molar-refractivity contribution is 5.48. The van der Waals surface area contributed by atoms with Gasteiger partial charge in [-0.2, -0.15) is 0 Å². The second-order valence-corrected chi connectivity index (χ2v) is 4.58. The lowest BCUT2D eigenvalue weighted by atomic mass is 10.1. The molecule has 3 N–H and O–H groups in total. The molecular formula is C16H19NO3. The van der Waals surface area contributed by atoms with Crippen molar-refractivity contribution in [3.63, 3.8) is 0 Å². The van der Waals surface area contributed by atoms with E-state index in [4.69, 9.17) is 9.84 Å². The van der Waals surface area contributed by atoms with Crippen molar-refractivity contribution in [2.45, 2.75) is 13.5 Å². The van der Waals surface area contributed by atoms with Crippen LogP contribution in [0.15, 0.2) is 42.5 Å². The molecule has 0 bridgehead atoms. The van der Waals surface area contributed by atoms with Crippen LogP contribution < -0.4 is 10.1 Å². The maximum absolute atomic E-state index is 9.77. The lowest BCUT2D eigenvalue weighted by Gasteiger charge is -2.10. The Morgan fingerprint density at radius 1 is 1.10 bits per heavy atom. The Bertz CT molecular complexity index is 552. The van der Waals surface area contributed by atoms with Gasteiger partial charge in [0.15, 0.2) is 0 Å². The minimum atomic E-state index is 0.00658. The Hall–Kier alpha value is -2.20. The van der Waals surface area contributed by atoms with Gasteiger partial charge < -0.3 is 20.3 Å². The van der Waals surface area contributed by atoms with Crippen LogP contribution in [0.25, 0.3) is 0 Å². The zero-order valence-corrected chi connectivity index (χ0v) is 11.5. The van der Waals surface area contributed by atoms with E-state index >= 15 is 0 Å². The summed E-state index contributed by atoms with van der Waals surface area (Å²) in [6.45, 7) is 2.86. The van der Waals surface area contributed by atoms with Crippen LogP contribution in [0.4, 0.5) is 5.69 Å². The third-order valence-corrected chi connectivity index (χ3v) is 2.93. The van der Waals surface area contributed by atoms with E-state index in [-0.39, 0.29) is 6.61 Å². The predicted octanol–water partition coefficient (Wildman–Crippen LogP) is 2.68. The van der Waals surface area contributed by atoms with Crippen molar-refractivity contribution in [3.05, 3.63) is 53.6 Å². The zero-order chi connectivity index (χ0) is 14.4. The van der Waals surface area contributed by atoms with Crippen LogP contribution >= 0.6 is 0 Å². The van der Waals surface area contributed by atoms with E-state index in [1.165, 1.54) is 0 Å². The van der Waals surface area contributed by atoms with Crippen molar-refractivity contribution in [1.82, 2.24) is 0 Å². The SMILES string of the molecule is Cc1ccc(O)c(CNc2ccc(OCCO)cc2)c1. The number of ether oxygens (including phenoxy) is 1. The summed E-state index contributed by atoms with van der Waals surface area (Å²) in [6, 6.07) is 13.0. The largest absolute Gasteiger partial charge is 0.508 e. The molecule has 2 aromatic carbocycles. The van der Waals surface area contributed by atoms with Crippen molar-refractivity contribution < 1.29 is 14.9 Å². The van der Waals surface area contributed by atoms with Gasteiger partial charge >= 0.3 is 0 Å². The number of phenolic OH excluding ortho intramolecular Hbond substituents is 1. The summed E-state index contributed by atoms with van der Waals surface area (Å²) in [5.41, 5.74) is 2.93. The summed E-state index contributed by atoms with van der Waals surface area (Å²) in [6.07, 6.45) is 0. The molecule has 0 aliphatic heterocycles. The lowest BCUT2D eigenvalue weighted by Crippen LogP contribution is -2.02. The molecule has 0 heterocycles. The van der Waals surface area contributed by atoms with Gasteiger partial charge in [-0.05, 0) is 37.3 Å². The summed E-state index contributed by atoms with van der Waals surface area (Å²) in [7, 11) is 0. The van der Waals surface area contributed by atoms with Crippen LogP contribution in [-0.4, -0.2) is 23.4 Å². The van der Waals surface area contributed by atoms with E-state index in [9.17, 15) is 5.11 Å². The minimum Gasteiger partial charge on any atom is -0.508 e. The van der Waals surface area contributed by atoms with Crippen molar-refractivity contribution in [3.8, 4) is 11.5 Å². The fourth-order valence-corrected chi connectivity index (χ4v) is 1.89. The molecule has 0 aliphatic carbocycles. The van der Waals surface area contributed by atoms with Crippen LogP contribution in [0.3, 0.4) is 0 Å². The number of rotatable bonds is 6. The Morgan fingerprint density at radius 3 is 2.55 bits per heavy atom. The van der Waals surface area contributed by atoms with Crippen LogP contribution in [0.2, 0.25) is 0 Å². The first-order valence-electron chi connectivity index (χ1n) is 6.55. The molecule has 0 radical (unpaired) electrons. The molecule has 0 saturated carbocycles. The molecule has 0 fully saturated rings. The second kappa shape index (κ2) is 6.82. The Labute approximate surface area is 118 Å². The number of aliphatic hydroxyl groups excluding tert-OH is 1. The average molecular weight is 273 g/mol. The molecule has 0 saturated heterocycles. The van der Waals surface area contributed by atoms with Gasteiger partial charge in [-0.15, -0.1) is 0 Å². The van der Waals surface area contributed by atoms with Gasteiger partial charge in [-0.25, -0.2) is 0 Å². The molecule has 0 aliphatic rings. The molecule has 0 unspecified atom stereocenters. The molecule has 20 heavy (non-hydrogen) atoms. The predicted molar refractivity (Wildman–Crippen MR) is 79.2 cm³/mol. The number of aliphatic hydroxyl groups is 1. The van der Waals surface area contributed by atoms with Gasteiger partial charge in [0.25, 0.3) is 0 Å². The number of nitrogens with one attached hydrogen (secondary N) is 1. The maximum atomic E-state index is 9.77. The first-order valence-corrected chi connectivity index (χ1v) is 6.55. The molecule has 106 valence electrons. The van der Waals surface area contributed by atoms with Gasteiger partial charge in [-0.3, -0.25) is 0 Å². The highest BCUT2D eigenvalue weighted by Gasteiger charge is 2.01. The van der Waals surface area contributed by atoms with Crippen LogP contribution in [0.5, 0.6) is 11.5 Å². The number of phenols is 1. The number of aromatic hydroxyl groups is 1. The zero-order valence-electron chi connectivity index (χ0n) is 11.5. The maximum Gasteiger partial charge on any atom is 0.120 e. The molecular weight excluding hydrogens is 254 g/mol. The second-order valence-electron chi connectivity index (χ2n) is 4.58.